The molecule has 0 unspecified atom stereocenters. The fourth-order valence-corrected chi connectivity index (χ4v) is 2.09. The van der Waals surface area contributed by atoms with E-state index in [1.807, 2.05) is 0 Å². The second kappa shape index (κ2) is 4.11. The van der Waals surface area contributed by atoms with Crippen molar-refractivity contribution in [3.8, 4) is 0 Å². The van der Waals surface area contributed by atoms with Crippen LogP contribution in [0.5, 0.6) is 0 Å². The lowest BCUT2D eigenvalue weighted by Crippen LogP contribution is -2.38. The lowest BCUT2D eigenvalue weighted by molar-refractivity contribution is 0.369. The van der Waals surface area contributed by atoms with E-state index < -0.39 is 0 Å². The van der Waals surface area contributed by atoms with Crippen molar-refractivity contribution in [2.75, 3.05) is 6.54 Å². The summed E-state index contributed by atoms with van der Waals surface area (Å²) in [6.07, 6.45) is 2.16. The Kier molecular flexibility index (Phi) is 2.85. The summed E-state index contributed by atoms with van der Waals surface area (Å²) >= 11 is 0. The summed E-state index contributed by atoms with van der Waals surface area (Å²) in [4.78, 5) is 0. The van der Waals surface area contributed by atoms with Gasteiger partial charge >= 0.3 is 0 Å². The fourth-order valence-electron chi connectivity index (χ4n) is 2.09. The van der Waals surface area contributed by atoms with Crippen molar-refractivity contribution in [2.24, 2.45) is 5.73 Å². The van der Waals surface area contributed by atoms with Gasteiger partial charge in [0.1, 0.15) is 0 Å². The maximum atomic E-state index is 5.96. The van der Waals surface area contributed by atoms with Crippen LogP contribution in [0.1, 0.15) is 30.0 Å². The van der Waals surface area contributed by atoms with E-state index >= 15 is 0 Å². The maximum Gasteiger partial charge on any atom is 0.0335 e. The predicted molar refractivity (Wildman–Crippen MR) is 59.1 cm³/mol. The third kappa shape index (κ3) is 2.14. The molecule has 0 radical (unpaired) electrons. The molecular weight excluding hydrogens is 172 g/mol. The van der Waals surface area contributed by atoms with Crippen molar-refractivity contribution >= 4 is 0 Å². The van der Waals surface area contributed by atoms with Crippen LogP contribution in [0.4, 0.5) is 0 Å². The second-order valence-electron chi connectivity index (χ2n) is 4.21. The van der Waals surface area contributed by atoms with Crippen LogP contribution in [-0.4, -0.2) is 12.6 Å². The Balaban J connectivity index is 2.14. The van der Waals surface area contributed by atoms with Crippen molar-refractivity contribution in [1.29, 1.82) is 0 Å². The number of benzene rings is 1. The molecule has 0 spiro atoms. The zero-order valence-corrected chi connectivity index (χ0v) is 8.66. The highest BCUT2D eigenvalue weighted by atomic mass is 14.9. The van der Waals surface area contributed by atoms with Crippen LogP contribution in [0.25, 0.3) is 0 Å². The summed E-state index contributed by atoms with van der Waals surface area (Å²) in [6, 6.07) is 9.50. The van der Waals surface area contributed by atoms with Gasteiger partial charge in [-0.25, -0.2) is 0 Å². The molecule has 0 saturated carbocycles. The minimum absolute atomic E-state index is 0.363. The Morgan fingerprint density at radius 1 is 1.43 bits per heavy atom. The summed E-state index contributed by atoms with van der Waals surface area (Å²) in [6.45, 7) is 3.17. The molecule has 1 saturated heterocycles. The van der Waals surface area contributed by atoms with Crippen LogP contribution in [0, 0.1) is 6.92 Å². The van der Waals surface area contributed by atoms with Crippen LogP contribution in [0.2, 0.25) is 0 Å². The van der Waals surface area contributed by atoms with Crippen molar-refractivity contribution in [3.05, 3.63) is 35.4 Å². The van der Waals surface area contributed by atoms with Gasteiger partial charge in [-0.1, -0.05) is 29.8 Å². The van der Waals surface area contributed by atoms with Crippen LogP contribution < -0.4 is 11.1 Å². The standard InChI is InChI=1S/C12H18N2/c1-9-3-2-4-10(7-9)12-8-11(13)5-6-14-12/h2-4,7,11-12,14H,5-6,8,13H2,1H3/t11-,12-/m0/s1. The van der Waals surface area contributed by atoms with E-state index in [1.165, 1.54) is 11.1 Å². The molecule has 3 N–H and O–H groups in total. The number of nitrogens with two attached hydrogens (primary N) is 1. The van der Waals surface area contributed by atoms with Gasteiger partial charge < -0.3 is 11.1 Å². The largest absolute Gasteiger partial charge is 0.328 e. The van der Waals surface area contributed by atoms with E-state index in [2.05, 4.69) is 36.5 Å². The number of piperidine rings is 1. The highest BCUT2D eigenvalue weighted by Crippen LogP contribution is 2.22. The molecule has 1 fully saturated rings. The topological polar surface area (TPSA) is 38.0 Å². The maximum absolute atomic E-state index is 5.96. The Morgan fingerprint density at radius 2 is 2.29 bits per heavy atom. The van der Waals surface area contributed by atoms with E-state index in [9.17, 15) is 0 Å². The number of hydrogen-bond donors (Lipinski definition) is 2. The third-order valence-electron chi connectivity index (χ3n) is 2.89. The highest BCUT2D eigenvalue weighted by molar-refractivity contribution is 5.25. The second-order valence-corrected chi connectivity index (χ2v) is 4.21. The monoisotopic (exact) mass is 190 g/mol. The van der Waals surface area contributed by atoms with E-state index in [-0.39, 0.29) is 0 Å². The van der Waals surface area contributed by atoms with E-state index in [0.29, 0.717) is 12.1 Å². The summed E-state index contributed by atoms with van der Waals surface area (Å²) in [5.74, 6) is 0. The van der Waals surface area contributed by atoms with Gasteiger partial charge in [-0.3, -0.25) is 0 Å². The molecule has 2 rings (SSSR count). The van der Waals surface area contributed by atoms with Gasteiger partial charge in [-0.15, -0.1) is 0 Å². The molecule has 14 heavy (non-hydrogen) atoms. The summed E-state index contributed by atoms with van der Waals surface area (Å²) in [5, 5.41) is 3.51. The number of hydrogen-bond acceptors (Lipinski definition) is 2. The van der Waals surface area contributed by atoms with Crippen LogP contribution in [0.15, 0.2) is 24.3 Å². The highest BCUT2D eigenvalue weighted by Gasteiger charge is 2.19. The Morgan fingerprint density at radius 3 is 3.00 bits per heavy atom. The van der Waals surface area contributed by atoms with Gasteiger partial charge in [0.05, 0.1) is 0 Å². The molecule has 0 aliphatic carbocycles. The Labute approximate surface area is 85.5 Å². The van der Waals surface area contributed by atoms with Crippen molar-refractivity contribution in [2.45, 2.75) is 31.8 Å². The molecule has 2 nitrogen and oxygen atoms in total. The minimum atomic E-state index is 0.363. The Bertz CT molecular complexity index is 309. The fraction of sp³-hybridized carbons (Fsp3) is 0.500. The predicted octanol–water partition coefficient (Wildman–Crippen LogP) is 1.75. The summed E-state index contributed by atoms with van der Waals surface area (Å²) in [7, 11) is 0. The average Bonchev–Trinajstić information content (AvgIpc) is 2.18. The SMILES string of the molecule is Cc1cccc([C@@H]2C[C@@H](N)CCN2)c1. The first-order valence-corrected chi connectivity index (χ1v) is 5.31. The first kappa shape index (κ1) is 9.69. The lowest BCUT2D eigenvalue weighted by Gasteiger charge is -2.28. The molecule has 2 atom stereocenters. The van der Waals surface area contributed by atoms with Crippen LogP contribution in [0.3, 0.4) is 0 Å². The molecule has 1 aliphatic rings. The molecule has 0 amide bonds. The van der Waals surface area contributed by atoms with Crippen LogP contribution in [-0.2, 0) is 0 Å². The lowest BCUT2D eigenvalue weighted by atomic mass is 9.94. The van der Waals surface area contributed by atoms with Gasteiger partial charge in [0.15, 0.2) is 0 Å². The van der Waals surface area contributed by atoms with Crippen molar-refractivity contribution < 1.29 is 0 Å². The number of rotatable bonds is 1. The molecule has 0 bridgehead atoms. The first-order valence-electron chi connectivity index (χ1n) is 5.31. The number of aryl methyl sites for hydroxylation is 1. The van der Waals surface area contributed by atoms with E-state index in [1.54, 1.807) is 0 Å². The van der Waals surface area contributed by atoms with Crippen molar-refractivity contribution in [3.63, 3.8) is 0 Å². The van der Waals surface area contributed by atoms with Gasteiger partial charge in [0.2, 0.25) is 0 Å². The van der Waals surface area contributed by atoms with E-state index in [4.69, 9.17) is 5.73 Å². The minimum Gasteiger partial charge on any atom is -0.328 e. The van der Waals surface area contributed by atoms with Gasteiger partial charge in [0.25, 0.3) is 0 Å². The molecular formula is C12H18N2. The Hall–Kier alpha value is -0.860. The molecule has 1 aromatic rings. The normalized spacial score (nSPS) is 27.6. The zero-order valence-electron chi connectivity index (χ0n) is 8.66. The molecule has 1 heterocycles. The van der Waals surface area contributed by atoms with Gasteiger partial charge in [-0.2, -0.15) is 0 Å². The third-order valence-corrected chi connectivity index (χ3v) is 2.89. The van der Waals surface area contributed by atoms with Gasteiger partial charge in [0, 0.05) is 12.1 Å². The van der Waals surface area contributed by atoms with Crippen LogP contribution >= 0.6 is 0 Å². The van der Waals surface area contributed by atoms with Gasteiger partial charge in [-0.05, 0) is 31.9 Å². The summed E-state index contributed by atoms with van der Waals surface area (Å²) in [5.41, 5.74) is 8.66. The molecule has 2 heteroatoms. The molecule has 76 valence electrons. The summed E-state index contributed by atoms with van der Waals surface area (Å²) < 4.78 is 0. The van der Waals surface area contributed by atoms with Crippen molar-refractivity contribution in [1.82, 2.24) is 5.32 Å². The first-order chi connectivity index (χ1) is 6.75. The number of nitrogens with one attached hydrogen (secondary N) is 1. The molecule has 0 aromatic heterocycles. The smallest absolute Gasteiger partial charge is 0.0335 e. The zero-order chi connectivity index (χ0) is 9.97. The molecule has 1 aromatic carbocycles. The average molecular weight is 190 g/mol. The van der Waals surface area contributed by atoms with E-state index in [0.717, 1.165) is 19.4 Å². The molecule has 1 aliphatic heterocycles. The quantitative estimate of drug-likeness (QED) is 0.708.